The Morgan fingerprint density at radius 3 is 3.06 bits per heavy atom. The predicted octanol–water partition coefficient (Wildman–Crippen LogP) is 3.55. The van der Waals surface area contributed by atoms with E-state index in [0.29, 0.717) is 0 Å². The third kappa shape index (κ3) is 4.07. The highest BCUT2D eigenvalue weighted by molar-refractivity contribution is 9.10. The van der Waals surface area contributed by atoms with E-state index < -0.39 is 0 Å². The molecule has 1 aromatic rings. The van der Waals surface area contributed by atoms with Crippen LogP contribution in [0.4, 0.5) is 0 Å². The van der Waals surface area contributed by atoms with Crippen molar-refractivity contribution in [3.63, 3.8) is 0 Å². The van der Waals surface area contributed by atoms with Crippen LogP contribution < -0.4 is 5.32 Å². The summed E-state index contributed by atoms with van der Waals surface area (Å²) < 4.78 is 1.09. The van der Waals surface area contributed by atoms with Crippen molar-refractivity contribution in [2.45, 2.75) is 45.1 Å². The van der Waals surface area contributed by atoms with E-state index in [1.807, 2.05) is 12.4 Å². The van der Waals surface area contributed by atoms with Gasteiger partial charge in [-0.15, -0.1) is 0 Å². The normalized spacial score (nSPS) is 24.1. The third-order valence-electron chi connectivity index (χ3n) is 3.51. The summed E-state index contributed by atoms with van der Waals surface area (Å²) in [5.41, 5.74) is 1.36. The molecule has 17 heavy (non-hydrogen) atoms. The van der Waals surface area contributed by atoms with Gasteiger partial charge in [-0.05, 0) is 72.1 Å². The van der Waals surface area contributed by atoms with Gasteiger partial charge in [0, 0.05) is 22.9 Å². The minimum absolute atomic E-state index is 0.750. The maximum atomic E-state index is 4.23. The van der Waals surface area contributed by atoms with Gasteiger partial charge in [0.15, 0.2) is 0 Å². The molecule has 0 radical (unpaired) electrons. The monoisotopic (exact) mass is 296 g/mol. The van der Waals surface area contributed by atoms with Gasteiger partial charge in [-0.2, -0.15) is 0 Å². The summed E-state index contributed by atoms with van der Waals surface area (Å²) in [6, 6.07) is 2.94. The van der Waals surface area contributed by atoms with E-state index in [2.05, 4.69) is 39.2 Å². The fourth-order valence-corrected chi connectivity index (χ4v) is 3.11. The van der Waals surface area contributed by atoms with E-state index in [4.69, 9.17) is 0 Å². The maximum Gasteiger partial charge on any atom is 0.0410 e. The van der Waals surface area contributed by atoms with Gasteiger partial charge in [-0.25, -0.2) is 0 Å². The summed E-state index contributed by atoms with van der Waals surface area (Å²) in [6.45, 7) is 3.39. The predicted molar refractivity (Wildman–Crippen MR) is 75.1 cm³/mol. The van der Waals surface area contributed by atoms with Crippen LogP contribution in [0.3, 0.4) is 0 Å². The van der Waals surface area contributed by atoms with Crippen molar-refractivity contribution in [3.05, 3.63) is 28.5 Å². The van der Waals surface area contributed by atoms with Gasteiger partial charge < -0.3 is 5.32 Å². The summed E-state index contributed by atoms with van der Waals surface area (Å²) >= 11 is 3.48. The minimum Gasteiger partial charge on any atom is -0.314 e. The molecule has 1 N–H and O–H groups in total. The number of aromatic nitrogens is 1. The van der Waals surface area contributed by atoms with Crippen LogP contribution in [0.2, 0.25) is 0 Å². The molecule has 1 aromatic heterocycles. The van der Waals surface area contributed by atoms with E-state index in [1.54, 1.807) is 0 Å². The molecule has 0 amide bonds. The van der Waals surface area contributed by atoms with Crippen molar-refractivity contribution in [3.8, 4) is 0 Å². The molecule has 2 unspecified atom stereocenters. The molecule has 2 atom stereocenters. The third-order valence-corrected chi connectivity index (χ3v) is 3.94. The molecule has 1 heterocycles. The second kappa shape index (κ2) is 6.50. The number of nitrogens with one attached hydrogen (secondary N) is 1. The first kappa shape index (κ1) is 13.0. The second-order valence-electron chi connectivity index (χ2n) is 5.05. The molecule has 0 spiro atoms. The number of halogens is 1. The molecule has 94 valence electrons. The van der Waals surface area contributed by atoms with Gasteiger partial charge in [-0.3, -0.25) is 4.98 Å². The van der Waals surface area contributed by atoms with E-state index >= 15 is 0 Å². The molecule has 0 bridgehead atoms. The Bertz CT molecular complexity index is 354. The Morgan fingerprint density at radius 2 is 2.29 bits per heavy atom. The molecule has 2 nitrogen and oxygen atoms in total. The largest absolute Gasteiger partial charge is 0.314 e. The SMILES string of the molecule is CCCNC1CCC(Cc2cncc(Br)c2)C1. The van der Waals surface area contributed by atoms with E-state index in [0.717, 1.165) is 23.0 Å². The Hall–Kier alpha value is -0.410. The van der Waals surface area contributed by atoms with E-state index in [9.17, 15) is 0 Å². The zero-order valence-electron chi connectivity index (χ0n) is 10.5. The Morgan fingerprint density at radius 1 is 1.41 bits per heavy atom. The van der Waals surface area contributed by atoms with Gasteiger partial charge in [0.25, 0.3) is 0 Å². The van der Waals surface area contributed by atoms with Crippen LogP contribution in [-0.4, -0.2) is 17.6 Å². The second-order valence-corrected chi connectivity index (χ2v) is 5.96. The van der Waals surface area contributed by atoms with Gasteiger partial charge in [0.2, 0.25) is 0 Å². The summed E-state index contributed by atoms with van der Waals surface area (Å²) in [5.74, 6) is 0.834. The minimum atomic E-state index is 0.750. The van der Waals surface area contributed by atoms with Gasteiger partial charge in [0.05, 0.1) is 0 Å². The summed E-state index contributed by atoms with van der Waals surface area (Å²) in [4.78, 5) is 4.23. The van der Waals surface area contributed by atoms with Crippen LogP contribution in [0.15, 0.2) is 22.9 Å². The van der Waals surface area contributed by atoms with Crippen molar-refractivity contribution in [1.82, 2.24) is 10.3 Å². The molecule has 0 saturated heterocycles. The quantitative estimate of drug-likeness (QED) is 0.899. The van der Waals surface area contributed by atoms with Crippen molar-refractivity contribution in [2.75, 3.05) is 6.54 Å². The van der Waals surface area contributed by atoms with E-state index in [-0.39, 0.29) is 0 Å². The summed E-state index contributed by atoms with van der Waals surface area (Å²) in [6.07, 6.45) is 10.3. The van der Waals surface area contributed by atoms with Gasteiger partial charge >= 0.3 is 0 Å². The fraction of sp³-hybridized carbons (Fsp3) is 0.643. The summed E-state index contributed by atoms with van der Waals surface area (Å²) in [7, 11) is 0. The van der Waals surface area contributed by atoms with Crippen LogP contribution in [-0.2, 0) is 6.42 Å². The van der Waals surface area contributed by atoms with Gasteiger partial charge in [-0.1, -0.05) is 6.92 Å². The summed E-state index contributed by atoms with van der Waals surface area (Å²) in [5, 5.41) is 3.63. The average Bonchev–Trinajstić information content (AvgIpc) is 2.74. The number of nitrogens with zero attached hydrogens (tertiary/aromatic N) is 1. The Labute approximate surface area is 112 Å². The van der Waals surface area contributed by atoms with Crippen LogP contribution >= 0.6 is 15.9 Å². The van der Waals surface area contributed by atoms with Crippen molar-refractivity contribution >= 4 is 15.9 Å². The molecular weight excluding hydrogens is 276 g/mol. The molecule has 1 aliphatic rings. The zero-order chi connectivity index (χ0) is 12.1. The molecular formula is C14H21BrN2. The Balaban J connectivity index is 1.81. The molecule has 3 heteroatoms. The van der Waals surface area contributed by atoms with Crippen LogP contribution in [0.5, 0.6) is 0 Å². The first-order chi connectivity index (χ1) is 8.28. The van der Waals surface area contributed by atoms with Crippen LogP contribution in [0.1, 0.15) is 38.2 Å². The molecule has 0 aliphatic heterocycles. The number of hydrogen-bond donors (Lipinski definition) is 1. The topological polar surface area (TPSA) is 24.9 Å². The lowest BCUT2D eigenvalue weighted by Crippen LogP contribution is -2.27. The molecule has 0 aromatic carbocycles. The smallest absolute Gasteiger partial charge is 0.0410 e. The lowest BCUT2D eigenvalue weighted by Gasteiger charge is -2.12. The van der Waals surface area contributed by atoms with Crippen LogP contribution in [0.25, 0.3) is 0 Å². The zero-order valence-corrected chi connectivity index (χ0v) is 12.0. The highest BCUT2D eigenvalue weighted by Crippen LogP contribution is 2.29. The highest BCUT2D eigenvalue weighted by Gasteiger charge is 2.24. The molecule has 1 saturated carbocycles. The van der Waals surface area contributed by atoms with E-state index in [1.165, 1.54) is 37.7 Å². The maximum absolute atomic E-state index is 4.23. The number of rotatable bonds is 5. The van der Waals surface area contributed by atoms with Crippen molar-refractivity contribution in [1.29, 1.82) is 0 Å². The van der Waals surface area contributed by atoms with Crippen molar-refractivity contribution < 1.29 is 0 Å². The molecule has 1 fully saturated rings. The lowest BCUT2D eigenvalue weighted by atomic mass is 9.99. The fourth-order valence-electron chi connectivity index (χ4n) is 2.70. The average molecular weight is 297 g/mol. The highest BCUT2D eigenvalue weighted by atomic mass is 79.9. The Kier molecular flexibility index (Phi) is 4.99. The molecule has 1 aliphatic carbocycles. The standard InChI is InChI=1S/C14H21BrN2/c1-2-5-17-14-4-3-11(8-14)6-12-7-13(15)10-16-9-12/h7,9-11,14,17H,2-6,8H2,1H3. The first-order valence-electron chi connectivity index (χ1n) is 6.60. The number of hydrogen-bond acceptors (Lipinski definition) is 2. The first-order valence-corrected chi connectivity index (χ1v) is 7.40. The lowest BCUT2D eigenvalue weighted by molar-refractivity contribution is 0.484. The number of pyridine rings is 1. The molecule has 2 rings (SSSR count). The van der Waals surface area contributed by atoms with Crippen LogP contribution in [0, 0.1) is 5.92 Å². The van der Waals surface area contributed by atoms with Gasteiger partial charge in [0.1, 0.15) is 0 Å². The van der Waals surface area contributed by atoms with Crippen molar-refractivity contribution in [2.24, 2.45) is 5.92 Å².